The molecule has 13 heteroatoms. The minimum Gasteiger partial charge on any atom is -0.486 e. The summed E-state index contributed by atoms with van der Waals surface area (Å²) in [4.78, 5) is 12.2. The molecular weight excluding hydrogens is 491 g/mol. The second-order valence-corrected chi connectivity index (χ2v) is 10.8. The van der Waals surface area contributed by atoms with E-state index in [-0.39, 0.29) is 23.7 Å². The zero-order valence-electron chi connectivity index (χ0n) is 17.1. The molecule has 1 amide bonds. The van der Waals surface area contributed by atoms with Crippen LogP contribution in [0.15, 0.2) is 51.7 Å². The number of aromatic nitrogens is 2. The molecule has 9 nitrogen and oxygen atoms in total. The second-order valence-electron chi connectivity index (χ2n) is 6.79. The van der Waals surface area contributed by atoms with E-state index in [4.69, 9.17) is 9.47 Å². The summed E-state index contributed by atoms with van der Waals surface area (Å²) in [6.45, 7) is 0.672. The number of carbonyl (C=O) groups excluding carboxylic acids is 1. The Morgan fingerprint density at radius 3 is 2.64 bits per heavy atom. The third-order valence-electron chi connectivity index (χ3n) is 4.40. The summed E-state index contributed by atoms with van der Waals surface area (Å²) < 4.78 is 51.8. The van der Waals surface area contributed by atoms with Gasteiger partial charge in [0.25, 0.3) is 0 Å². The van der Waals surface area contributed by atoms with Crippen molar-refractivity contribution in [1.29, 1.82) is 0 Å². The van der Waals surface area contributed by atoms with Crippen LogP contribution in [0.5, 0.6) is 11.5 Å². The highest BCUT2D eigenvalue weighted by Gasteiger charge is 2.19. The third kappa shape index (κ3) is 6.41. The van der Waals surface area contributed by atoms with E-state index in [0.29, 0.717) is 39.9 Å². The molecule has 1 aliphatic rings. The lowest BCUT2D eigenvalue weighted by Gasteiger charge is -2.18. The van der Waals surface area contributed by atoms with Gasteiger partial charge in [0.15, 0.2) is 15.8 Å². The van der Waals surface area contributed by atoms with E-state index in [1.54, 1.807) is 12.1 Å². The van der Waals surface area contributed by atoms with Crippen molar-refractivity contribution < 1.29 is 27.1 Å². The molecule has 2 heterocycles. The molecule has 174 valence electrons. The number of hydrogen-bond donors (Lipinski definition) is 2. The lowest BCUT2D eigenvalue weighted by molar-refractivity contribution is -0.116. The Labute approximate surface area is 197 Å². The Bertz CT molecular complexity index is 1230. The number of sulfonamides is 1. The predicted molar refractivity (Wildman–Crippen MR) is 122 cm³/mol. The Hall–Kier alpha value is -2.74. The van der Waals surface area contributed by atoms with Crippen molar-refractivity contribution in [2.75, 3.05) is 25.1 Å². The maximum Gasteiger partial charge on any atom is 0.240 e. The van der Waals surface area contributed by atoms with Crippen LogP contribution in [0.4, 0.5) is 9.52 Å². The van der Waals surface area contributed by atoms with Gasteiger partial charge in [-0.05, 0) is 29.8 Å². The molecule has 1 aliphatic heterocycles. The number of nitrogens with one attached hydrogen (secondary N) is 2. The van der Waals surface area contributed by atoms with Gasteiger partial charge >= 0.3 is 0 Å². The highest BCUT2D eigenvalue weighted by Crippen LogP contribution is 2.32. The van der Waals surface area contributed by atoms with Crippen LogP contribution < -0.4 is 19.5 Å². The van der Waals surface area contributed by atoms with Crippen LogP contribution in [0, 0.1) is 5.82 Å². The van der Waals surface area contributed by atoms with Gasteiger partial charge in [0.1, 0.15) is 19.0 Å². The molecule has 0 radical (unpaired) electrons. The topological polar surface area (TPSA) is 120 Å². The number of anilines is 1. The first-order chi connectivity index (χ1) is 15.9. The van der Waals surface area contributed by atoms with Gasteiger partial charge in [0.2, 0.25) is 21.1 Å². The quantitative estimate of drug-likeness (QED) is 0.333. The van der Waals surface area contributed by atoms with Crippen molar-refractivity contribution in [3.63, 3.8) is 0 Å². The van der Waals surface area contributed by atoms with Gasteiger partial charge in [-0.1, -0.05) is 35.2 Å². The zero-order chi connectivity index (χ0) is 23.3. The molecule has 0 saturated heterocycles. The van der Waals surface area contributed by atoms with Crippen molar-refractivity contribution in [3.05, 3.63) is 53.8 Å². The van der Waals surface area contributed by atoms with Gasteiger partial charge in [-0.3, -0.25) is 4.79 Å². The van der Waals surface area contributed by atoms with Gasteiger partial charge in [0, 0.05) is 24.8 Å². The van der Waals surface area contributed by atoms with Crippen molar-refractivity contribution in [3.8, 4) is 11.5 Å². The third-order valence-corrected chi connectivity index (χ3v) is 7.90. The smallest absolute Gasteiger partial charge is 0.240 e. The predicted octanol–water partition coefficient (Wildman–Crippen LogP) is 3.05. The summed E-state index contributed by atoms with van der Waals surface area (Å²) in [5, 5.41) is 10.8. The highest BCUT2D eigenvalue weighted by molar-refractivity contribution is 8.00. The van der Waals surface area contributed by atoms with Gasteiger partial charge in [-0.2, -0.15) is 0 Å². The van der Waals surface area contributed by atoms with Crippen LogP contribution in [-0.2, 0) is 20.6 Å². The molecule has 2 aromatic carbocycles. The number of rotatable bonds is 9. The van der Waals surface area contributed by atoms with Crippen molar-refractivity contribution in [2.24, 2.45) is 0 Å². The molecule has 0 aliphatic carbocycles. The van der Waals surface area contributed by atoms with E-state index in [1.807, 2.05) is 0 Å². The number of halogens is 1. The summed E-state index contributed by atoms with van der Waals surface area (Å²) in [7, 11) is -3.81. The summed E-state index contributed by atoms with van der Waals surface area (Å²) in [6, 6.07) is 10.5. The van der Waals surface area contributed by atoms with E-state index in [0.717, 1.165) is 5.56 Å². The average Bonchev–Trinajstić information content (AvgIpc) is 3.25. The van der Waals surface area contributed by atoms with Crippen molar-refractivity contribution >= 4 is 44.2 Å². The Kier molecular flexibility index (Phi) is 7.42. The fraction of sp³-hybridized carbons (Fsp3) is 0.250. The van der Waals surface area contributed by atoms with E-state index < -0.39 is 15.9 Å². The highest BCUT2D eigenvalue weighted by atomic mass is 32.2. The minimum absolute atomic E-state index is 0.0269. The second kappa shape index (κ2) is 10.5. The van der Waals surface area contributed by atoms with E-state index >= 15 is 0 Å². The van der Waals surface area contributed by atoms with Crippen molar-refractivity contribution in [2.45, 2.75) is 21.4 Å². The maximum atomic E-state index is 13.0. The number of fused-ring (bicyclic) bond motifs is 1. The average molecular weight is 511 g/mol. The largest absolute Gasteiger partial charge is 0.486 e. The summed E-state index contributed by atoms with van der Waals surface area (Å²) >= 11 is 2.62. The lowest BCUT2D eigenvalue weighted by Crippen LogP contribution is -2.28. The minimum atomic E-state index is -3.81. The molecule has 4 rings (SSSR count). The number of amides is 1. The monoisotopic (exact) mass is 510 g/mol. The normalized spacial score (nSPS) is 13.0. The summed E-state index contributed by atoms with van der Waals surface area (Å²) in [5.74, 6) is 0.757. The molecule has 0 spiro atoms. The first-order valence-corrected chi connectivity index (χ1v) is 13.1. The van der Waals surface area contributed by atoms with Crippen LogP contribution in [0.2, 0.25) is 0 Å². The van der Waals surface area contributed by atoms with E-state index in [1.165, 1.54) is 53.4 Å². The van der Waals surface area contributed by atoms with Gasteiger partial charge in [-0.15, -0.1) is 10.2 Å². The molecule has 0 bridgehead atoms. The Morgan fingerprint density at radius 1 is 1.09 bits per heavy atom. The van der Waals surface area contributed by atoms with E-state index in [9.17, 15) is 17.6 Å². The van der Waals surface area contributed by atoms with Gasteiger partial charge in [0.05, 0.1) is 4.90 Å². The van der Waals surface area contributed by atoms with Crippen LogP contribution in [0.25, 0.3) is 0 Å². The standard InChI is InChI=1S/C20H19FN4O5S3/c21-14-3-1-13(2-4-14)12-31-20-25-24-19(32-20)23-18(26)7-8-22-33(27,28)15-5-6-16-17(11-15)30-10-9-29-16/h1-6,11,22H,7-10,12H2,(H,23,24,26). The SMILES string of the molecule is O=C(CCNS(=O)(=O)c1ccc2c(c1)OCCO2)Nc1nnc(SCc2ccc(F)cc2)s1. The first-order valence-electron chi connectivity index (χ1n) is 9.79. The number of benzene rings is 2. The maximum absolute atomic E-state index is 13.0. The molecule has 0 fully saturated rings. The number of ether oxygens (including phenoxy) is 2. The van der Waals surface area contributed by atoms with Gasteiger partial charge < -0.3 is 14.8 Å². The van der Waals surface area contributed by atoms with Crippen LogP contribution in [0.3, 0.4) is 0 Å². The lowest BCUT2D eigenvalue weighted by atomic mass is 10.2. The molecule has 0 saturated carbocycles. The van der Waals surface area contributed by atoms with E-state index in [2.05, 4.69) is 20.2 Å². The molecular formula is C20H19FN4O5S3. The van der Waals surface area contributed by atoms with Gasteiger partial charge in [-0.25, -0.2) is 17.5 Å². The molecule has 1 aromatic heterocycles. The fourth-order valence-corrected chi connectivity index (χ4v) is 5.57. The summed E-state index contributed by atoms with van der Waals surface area (Å²) in [6.07, 6.45) is -0.0819. The number of thioether (sulfide) groups is 1. The number of carbonyl (C=O) groups is 1. The number of hydrogen-bond acceptors (Lipinski definition) is 9. The van der Waals surface area contributed by atoms with Crippen LogP contribution in [0.1, 0.15) is 12.0 Å². The van der Waals surface area contributed by atoms with Crippen molar-refractivity contribution in [1.82, 2.24) is 14.9 Å². The molecule has 0 unspecified atom stereocenters. The molecule has 33 heavy (non-hydrogen) atoms. The molecule has 2 N–H and O–H groups in total. The summed E-state index contributed by atoms with van der Waals surface area (Å²) in [5.41, 5.74) is 0.937. The fourth-order valence-electron chi connectivity index (χ4n) is 2.80. The Balaban J connectivity index is 1.23. The zero-order valence-corrected chi connectivity index (χ0v) is 19.6. The molecule has 0 atom stereocenters. The Morgan fingerprint density at radius 2 is 1.85 bits per heavy atom. The number of nitrogens with zero attached hydrogens (tertiary/aromatic N) is 2. The first kappa shape index (κ1) is 23.4. The van der Waals surface area contributed by atoms with Crippen LogP contribution >= 0.6 is 23.1 Å². The molecule has 3 aromatic rings. The van der Waals surface area contributed by atoms with Crippen LogP contribution in [-0.4, -0.2) is 44.3 Å².